The van der Waals surface area contributed by atoms with Gasteiger partial charge in [0.05, 0.1) is 16.4 Å². The summed E-state index contributed by atoms with van der Waals surface area (Å²) < 4.78 is 28.3. The Morgan fingerprint density at radius 1 is 1.19 bits per heavy atom. The molecule has 0 saturated carbocycles. The molecule has 0 bridgehead atoms. The van der Waals surface area contributed by atoms with Crippen LogP contribution in [0.4, 0.5) is 11.4 Å². The van der Waals surface area contributed by atoms with Crippen molar-refractivity contribution in [1.82, 2.24) is 0 Å². The number of sulfonamides is 1. The number of nitrogens with two attached hydrogens (primary N) is 1. The van der Waals surface area contributed by atoms with E-state index in [9.17, 15) is 8.42 Å². The highest BCUT2D eigenvalue weighted by atomic mass is 79.9. The van der Waals surface area contributed by atoms with Crippen LogP contribution in [0, 0.1) is 13.8 Å². The fourth-order valence-electron chi connectivity index (χ4n) is 1.93. The SMILES string of the molecule is Cc1ccc(N)c(S(=O)(=O)Nc2ccc(Br)c(Cl)c2)c1C. The third-order valence-corrected chi connectivity index (χ3v) is 5.96. The summed E-state index contributed by atoms with van der Waals surface area (Å²) in [7, 11) is -3.78. The van der Waals surface area contributed by atoms with E-state index < -0.39 is 10.0 Å². The summed E-state index contributed by atoms with van der Waals surface area (Å²) in [6.07, 6.45) is 0. The predicted octanol–water partition coefficient (Wildman–Crippen LogP) is 4.10. The van der Waals surface area contributed by atoms with Gasteiger partial charge in [0.1, 0.15) is 4.90 Å². The van der Waals surface area contributed by atoms with Gasteiger partial charge in [0.25, 0.3) is 10.0 Å². The van der Waals surface area contributed by atoms with Gasteiger partial charge in [-0.05, 0) is 65.2 Å². The summed E-state index contributed by atoms with van der Waals surface area (Å²) in [4.78, 5) is 0.0986. The van der Waals surface area contributed by atoms with E-state index in [0.717, 1.165) is 5.56 Å². The highest BCUT2D eigenvalue weighted by molar-refractivity contribution is 9.10. The second-order valence-electron chi connectivity index (χ2n) is 4.66. The Hall–Kier alpha value is -1.24. The molecule has 112 valence electrons. The zero-order valence-corrected chi connectivity index (χ0v) is 14.6. The number of benzene rings is 2. The molecular formula is C14H14BrClN2O2S. The van der Waals surface area contributed by atoms with Crippen molar-refractivity contribution in [2.75, 3.05) is 10.5 Å². The summed E-state index contributed by atoms with van der Waals surface area (Å²) >= 11 is 9.23. The summed E-state index contributed by atoms with van der Waals surface area (Å²) in [5.74, 6) is 0. The van der Waals surface area contributed by atoms with Crippen molar-refractivity contribution in [3.8, 4) is 0 Å². The Bertz CT molecular complexity index is 807. The van der Waals surface area contributed by atoms with Crippen molar-refractivity contribution in [3.05, 3.63) is 51.0 Å². The van der Waals surface area contributed by atoms with Crippen LogP contribution in [-0.4, -0.2) is 8.42 Å². The molecule has 0 unspecified atom stereocenters. The Labute approximate surface area is 137 Å². The molecule has 2 aromatic rings. The van der Waals surface area contributed by atoms with Crippen LogP contribution in [0.1, 0.15) is 11.1 Å². The normalized spacial score (nSPS) is 11.4. The van der Waals surface area contributed by atoms with Crippen LogP contribution in [0.3, 0.4) is 0 Å². The van der Waals surface area contributed by atoms with Crippen LogP contribution in [0.15, 0.2) is 39.7 Å². The van der Waals surface area contributed by atoms with Gasteiger partial charge in [-0.1, -0.05) is 17.7 Å². The fraction of sp³-hybridized carbons (Fsp3) is 0.143. The minimum absolute atomic E-state index is 0.0986. The van der Waals surface area contributed by atoms with Crippen LogP contribution in [0.25, 0.3) is 0 Å². The van der Waals surface area contributed by atoms with Gasteiger partial charge < -0.3 is 5.73 Å². The molecule has 0 radical (unpaired) electrons. The second kappa shape index (κ2) is 5.87. The van der Waals surface area contributed by atoms with Gasteiger partial charge in [0.2, 0.25) is 0 Å². The topological polar surface area (TPSA) is 72.2 Å². The number of anilines is 2. The molecule has 0 aliphatic heterocycles. The molecule has 0 amide bonds. The van der Waals surface area contributed by atoms with Gasteiger partial charge >= 0.3 is 0 Å². The average molecular weight is 390 g/mol. The van der Waals surface area contributed by atoms with E-state index in [-0.39, 0.29) is 10.6 Å². The molecule has 7 heteroatoms. The third kappa shape index (κ3) is 3.33. The summed E-state index contributed by atoms with van der Waals surface area (Å²) in [6, 6.07) is 8.21. The number of halogens is 2. The molecule has 0 heterocycles. The number of hydrogen-bond donors (Lipinski definition) is 2. The maximum absolute atomic E-state index is 12.5. The van der Waals surface area contributed by atoms with Gasteiger partial charge in [-0.3, -0.25) is 4.72 Å². The van der Waals surface area contributed by atoms with Crippen LogP contribution >= 0.6 is 27.5 Å². The number of nitrogen functional groups attached to an aromatic ring is 1. The van der Waals surface area contributed by atoms with E-state index in [1.165, 1.54) is 6.07 Å². The summed E-state index contributed by atoms with van der Waals surface area (Å²) in [5, 5.41) is 0.420. The van der Waals surface area contributed by atoms with Crippen molar-refractivity contribution >= 4 is 48.9 Å². The highest BCUT2D eigenvalue weighted by Gasteiger charge is 2.21. The minimum Gasteiger partial charge on any atom is -0.398 e. The van der Waals surface area contributed by atoms with Gasteiger partial charge in [-0.15, -0.1) is 0 Å². The van der Waals surface area contributed by atoms with E-state index >= 15 is 0 Å². The molecule has 0 aromatic heterocycles. The Morgan fingerprint density at radius 3 is 2.48 bits per heavy atom. The van der Waals surface area contributed by atoms with Gasteiger partial charge in [0.15, 0.2) is 0 Å². The lowest BCUT2D eigenvalue weighted by molar-refractivity contribution is 0.601. The first-order valence-electron chi connectivity index (χ1n) is 6.06. The largest absolute Gasteiger partial charge is 0.398 e. The molecule has 0 fully saturated rings. The average Bonchev–Trinajstić information content (AvgIpc) is 2.38. The first-order valence-corrected chi connectivity index (χ1v) is 8.71. The van der Waals surface area contributed by atoms with E-state index in [0.29, 0.717) is 20.7 Å². The molecule has 21 heavy (non-hydrogen) atoms. The Balaban J connectivity index is 2.48. The smallest absolute Gasteiger partial charge is 0.264 e. The molecule has 0 atom stereocenters. The summed E-state index contributed by atoms with van der Waals surface area (Å²) in [6.45, 7) is 3.57. The van der Waals surface area contributed by atoms with Crippen LogP contribution < -0.4 is 10.5 Å². The zero-order valence-electron chi connectivity index (χ0n) is 11.4. The maximum atomic E-state index is 12.5. The lowest BCUT2D eigenvalue weighted by Crippen LogP contribution is -2.16. The monoisotopic (exact) mass is 388 g/mol. The van der Waals surface area contributed by atoms with Gasteiger partial charge in [-0.2, -0.15) is 0 Å². The standard InChI is InChI=1S/C14H14BrClN2O2S/c1-8-3-6-13(17)14(9(8)2)21(19,20)18-10-4-5-11(15)12(16)7-10/h3-7,18H,17H2,1-2H3. The van der Waals surface area contributed by atoms with Crippen LogP contribution in [0.2, 0.25) is 5.02 Å². The van der Waals surface area contributed by atoms with Crippen molar-refractivity contribution in [3.63, 3.8) is 0 Å². The van der Waals surface area contributed by atoms with Gasteiger partial charge in [-0.25, -0.2) is 8.42 Å². The molecule has 4 nitrogen and oxygen atoms in total. The highest BCUT2D eigenvalue weighted by Crippen LogP contribution is 2.30. The first-order chi connectivity index (χ1) is 9.72. The molecular weight excluding hydrogens is 376 g/mol. The summed E-state index contributed by atoms with van der Waals surface area (Å²) in [5.41, 5.74) is 7.92. The Kier molecular flexibility index (Phi) is 4.51. The number of nitrogens with one attached hydrogen (secondary N) is 1. The van der Waals surface area contributed by atoms with Crippen molar-refractivity contribution in [2.45, 2.75) is 18.7 Å². The molecule has 0 spiro atoms. The molecule has 0 aliphatic rings. The number of hydrogen-bond acceptors (Lipinski definition) is 3. The van der Waals surface area contributed by atoms with Crippen LogP contribution in [-0.2, 0) is 10.0 Å². The predicted molar refractivity (Wildman–Crippen MR) is 90.3 cm³/mol. The van der Waals surface area contributed by atoms with E-state index in [1.54, 1.807) is 31.2 Å². The lowest BCUT2D eigenvalue weighted by atomic mass is 10.1. The molecule has 0 aliphatic carbocycles. The Morgan fingerprint density at radius 2 is 1.86 bits per heavy atom. The quantitative estimate of drug-likeness (QED) is 0.776. The van der Waals surface area contributed by atoms with E-state index in [4.69, 9.17) is 17.3 Å². The molecule has 2 aromatic carbocycles. The van der Waals surface area contributed by atoms with Crippen molar-refractivity contribution in [1.29, 1.82) is 0 Å². The van der Waals surface area contributed by atoms with Crippen molar-refractivity contribution < 1.29 is 8.42 Å². The molecule has 0 saturated heterocycles. The number of aryl methyl sites for hydroxylation is 1. The lowest BCUT2D eigenvalue weighted by Gasteiger charge is -2.14. The third-order valence-electron chi connectivity index (χ3n) is 3.15. The second-order valence-corrected chi connectivity index (χ2v) is 7.54. The van der Waals surface area contributed by atoms with Crippen LogP contribution in [0.5, 0.6) is 0 Å². The molecule has 3 N–H and O–H groups in total. The van der Waals surface area contributed by atoms with Gasteiger partial charge in [0, 0.05) is 4.47 Å². The van der Waals surface area contributed by atoms with E-state index in [1.807, 2.05) is 6.92 Å². The first kappa shape index (κ1) is 16.1. The van der Waals surface area contributed by atoms with Crippen molar-refractivity contribution in [2.24, 2.45) is 0 Å². The maximum Gasteiger partial charge on any atom is 0.264 e. The number of rotatable bonds is 3. The molecule has 2 rings (SSSR count). The zero-order chi connectivity index (χ0) is 15.8. The fourth-order valence-corrected chi connectivity index (χ4v) is 3.84. The van der Waals surface area contributed by atoms with E-state index in [2.05, 4.69) is 20.7 Å². The minimum atomic E-state index is -3.78.